The molecule has 0 bridgehead atoms. The van der Waals surface area contributed by atoms with Crippen LogP contribution in [-0.2, 0) is 0 Å². The van der Waals surface area contributed by atoms with E-state index < -0.39 is 0 Å². The Hall–Kier alpha value is -1.22. The fraction of sp³-hybridized carbons (Fsp3) is 0. The molecule has 0 saturated heterocycles. The molecule has 0 heterocycles. The number of hydrogen-bond acceptors (Lipinski definition) is 0. The van der Waals surface area contributed by atoms with Gasteiger partial charge < -0.3 is 0 Å². The van der Waals surface area contributed by atoms with Gasteiger partial charge in [-0.25, -0.2) is 0 Å². The summed E-state index contributed by atoms with van der Waals surface area (Å²) in [7, 11) is 0. The molecule has 0 N–H and O–H groups in total. The van der Waals surface area contributed by atoms with Crippen molar-refractivity contribution < 1.29 is 0 Å². The second kappa shape index (κ2) is 6.30. The van der Waals surface area contributed by atoms with E-state index in [4.69, 9.17) is 0 Å². The zero-order valence-corrected chi connectivity index (χ0v) is 8.85. The van der Waals surface area contributed by atoms with E-state index in [1.165, 1.54) is 5.56 Å². The van der Waals surface area contributed by atoms with Gasteiger partial charge in [0.25, 0.3) is 0 Å². The normalized spacial score (nSPS) is 9.87. The Morgan fingerprint density at radius 2 is 1.27 bits per heavy atom. The predicted octanol–water partition coefficient (Wildman–Crippen LogP) is 3.17. The summed E-state index contributed by atoms with van der Waals surface area (Å²) in [5.41, 5.74) is 2.28. The van der Waals surface area contributed by atoms with Crippen LogP contribution >= 0.6 is 0 Å². The molecule has 0 atom stereocenters. The van der Waals surface area contributed by atoms with E-state index in [-0.39, 0.29) is 18.9 Å². The molecule has 0 saturated carbocycles. The standard InChI is InChI=1S/C14H11.Li/c1-3-7-13(8-4-1)11-12-14-9-5-2-6-10-14;/h1-11H;. The van der Waals surface area contributed by atoms with Gasteiger partial charge >= 0.3 is 0 Å². The molecule has 2 radical (unpaired) electrons. The molecule has 0 fully saturated rings. The van der Waals surface area contributed by atoms with Crippen LogP contribution < -0.4 is 0 Å². The second-order valence-corrected chi connectivity index (χ2v) is 3.07. The van der Waals surface area contributed by atoms with Gasteiger partial charge in [-0.2, -0.15) is 0 Å². The summed E-state index contributed by atoms with van der Waals surface area (Å²) < 4.78 is 0. The van der Waals surface area contributed by atoms with Crippen LogP contribution in [0.15, 0.2) is 60.7 Å². The zero-order valence-electron chi connectivity index (χ0n) is 8.85. The molecule has 0 unspecified atom stereocenters. The topological polar surface area (TPSA) is 0 Å². The first-order valence-electron chi connectivity index (χ1n) is 4.65. The van der Waals surface area contributed by atoms with Gasteiger partial charge in [0.05, 0.1) is 0 Å². The average molecular weight is 186 g/mol. The smallest absolute Gasteiger partial charge is 0 e. The van der Waals surface area contributed by atoms with Gasteiger partial charge in [-0.3, -0.25) is 0 Å². The monoisotopic (exact) mass is 186 g/mol. The maximum atomic E-state index is 3.24. The van der Waals surface area contributed by atoms with Crippen LogP contribution in [0.25, 0.3) is 6.08 Å². The SMILES string of the molecule is [C](=Cc1ccccc1)c1ccccc1.[Li]. The molecule has 0 aliphatic rings. The van der Waals surface area contributed by atoms with Crippen molar-refractivity contribution in [3.63, 3.8) is 0 Å². The van der Waals surface area contributed by atoms with Gasteiger partial charge in [0.1, 0.15) is 0 Å². The van der Waals surface area contributed by atoms with Gasteiger partial charge in [0.2, 0.25) is 0 Å². The minimum absolute atomic E-state index is 0. The van der Waals surface area contributed by atoms with E-state index in [1.54, 1.807) is 0 Å². The van der Waals surface area contributed by atoms with E-state index in [0.29, 0.717) is 0 Å². The second-order valence-electron chi connectivity index (χ2n) is 3.07. The first-order chi connectivity index (χ1) is 6.95. The van der Waals surface area contributed by atoms with Crippen LogP contribution in [0, 0.1) is 6.08 Å². The first kappa shape index (κ1) is 11.8. The largest absolute Gasteiger partial charge is 0.0622 e. The summed E-state index contributed by atoms with van der Waals surface area (Å²) in [4.78, 5) is 0. The molecule has 1 heteroatoms. The van der Waals surface area contributed by atoms with Crippen molar-refractivity contribution in [3.05, 3.63) is 77.9 Å². The molecule has 0 aromatic heterocycles. The summed E-state index contributed by atoms with van der Waals surface area (Å²) >= 11 is 0. The molecule has 0 aliphatic heterocycles. The predicted molar refractivity (Wildman–Crippen MR) is 65.4 cm³/mol. The van der Waals surface area contributed by atoms with E-state index in [0.717, 1.165) is 5.56 Å². The van der Waals surface area contributed by atoms with Crippen molar-refractivity contribution in [1.82, 2.24) is 0 Å². The Kier molecular flexibility index (Phi) is 4.97. The van der Waals surface area contributed by atoms with Crippen LogP contribution in [0.1, 0.15) is 11.1 Å². The van der Waals surface area contributed by atoms with E-state index in [1.807, 2.05) is 54.6 Å². The number of rotatable bonds is 2. The molecule has 0 aliphatic carbocycles. The number of hydrogen-bond donors (Lipinski definition) is 0. The Morgan fingerprint density at radius 1 is 0.733 bits per heavy atom. The minimum Gasteiger partial charge on any atom is -0.0622 e. The summed E-state index contributed by atoms with van der Waals surface area (Å²) in [6, 6.07) is 20.3. The van der Waals surface area contributed by atoms with Crippen molar-refractivity contribution in [2.24, 2.45) is 0 Å². The average Bonchev–Trinajstić information content (AvgIpc) is 2.29. The molecule has 68 valence electrons. The zero-order chi connectivity index (χ0) is 9.64. The molecular formula is C14H11Li. The van der Waals surface area contributed by atoms with E-state index in [9.17, 15) is 0 Å². The fourth-order valence-corrected chi connectivity index (χ4v) is 1.25. The third-order valence-corrected chi connectivity index (χ3v) is 1.98. The first-order valence-corrected chi connectivity index (χ1v) is 4.65. The van der Waals surface area contributed by atoms with Crippen molar-refractivity contribution in [2.45, 2.75) is 0 Å². The Labute approximate surface area is 103 Å². The summed E-state index contributed by atoms with van der Waals surface area (Å²) in [5.74, 6) is 0. The van der Waals surface area contributed by atoms with Gasteiger partial charge in [-0.15, -0.1) is 0 Å². The molecule has 0 nitrogen and oxygen atoms in total. The maximum Gasteiger partial charge on any atom is 0 e. The van der Waals surface area contributed by atoms with Crippen LogP contribution in [0.3, 0.4) is 0 Å². The molecule has 0 amide bonds. The van der Waals surface area contributed by atoms with Crippen LogP contribution in [-0.4, -0.2) is 18.9 Å². The van der Waals surface area contributed by atoms with Crippen LogP contribution in [0.2, 0.25) is 0 Å². The third kappa shape index (κ3) is 3.79. The Morgan fingerprint density at radius 3 is 1.87 bits per heavy atom. The van der Waals surface area contributed by atoms with Gasteiger partial charge in [0, 0.05) is 18.9 Å². The summed E-state index contributed by atoms with van der Waals surface area (Å²) in [6.45, 7) is 0. The van der Waals surface area contributed by atoms with E-state index >= 15 is 0 Å². The van der Waals surface area contributed by atoms with Crippen molar-refractivity contribution in [3.8, 4) is 0 Å². The number of benzene rings is 2. The quantitative estimate of drug-likeness (QED) is 0.499. The molecule has 2 aromatic carbocycles. The minimum atomic E-state index is 0. The summed E-state index contributed by atoms with van der Waals surface area (Å²) in [6.07, 6.45) is 5.23. The molecule has 15 heavy (non-hydrogen) atoms. The molecular weight excluding hydrogens is 175 g/mol. The maximum absolute atomic E-state index is 3.24. The van der Waals surface area contributed by atoms with Crippen molar-refractivity contribution in [1.29, 1.82) is 0 Å². The molecule has 0 spiro atoms. The molecule has 2 aromatic rings. The van der Waals surface area contributed by atoms with Crippen molar-refractivity contribution >= 4 is 24.9 Å². The summed E-state index contributed by atoms with van der Waals surface area (Å²) in [5, 5.41) is 0. The Bertz CT molecular complexity index is 362. The van der Waals surface area contributed by atoms with Gasteiger partial charge in [0.15, 0.2) is 0 Å². The van der Waals surface area contributed by atoms with Crippen LogP contribution in [0.5, 0.6) is 0 Å². The van der Waals surface area contributed by atoms with Crippen LogP contribution in [0.4, 0.5) is 0 Å². The third-order valence-electron chi connectivity index (χ3n) is 1.98. The van der Waals surface area contributed by atoms with Gasteiger partial charge in [-0.1, -0.05) is 60.7 Å². The molecule has 2 rings (SSSR count). The van der Waals surface area contributed by atoms with Gasteiger partial charge in [-0.05, 0) is 23.3 Å². The Balaban J connectivity index is 0.00000112. The fourth-order valence-electron chi connectivity index (χ4n) is 1.25. The van der Waals surface area contributed by atoms with E-state index in [2.05, 4.69) is 18.2 Å². The van der Waals surface area contributed by atoms with Crippen molar-refractivity contribution in [2.75, 3.05) is 0 Å².